The zero-order valence-electron chi connectivity index (χ0n) is 7.42. The molecule has 1 unspecified atom stereocenters. The van der Waals surface area contributed by atoms with Crippen LogP contribution in [0.15, 0.2) is 0 Å². The van der Waals surface area contributed by atoms with Gasteiger partial charge in [0, 0.05) is 6.54 Å². The Bertz CT molecular complexity index is 106. The molecule has 1 fully saturated rings. The number of aliphatic hydroxyl groups excluding tert-OH is 1. The van der Waals surface area contributed by atoms with Gasteiger partial charge < -0.3 is 10.0 Å². The van der Waals surface area contributed by atoms with Crippen molar-refractivity contribution in [3.63, 3.8) is 0 Å². The normalized spacial score (nSPS) is 27.3. The van der Waals surface area contributed by atoms with Crippen LogP contribution in [0.1, 0.15) is 32.6 Å². The summed E-state index contributed by atoms with van der Waals surface area (Å²) in [5.41, 5.74) is 0. The van der Waals surface area contributed by atoms with E-state index in [9.17, 15) is 5.11 Å². The number of aliphatic hydroxyl groups is 1. The lowest BCUT2D eigenvalue weighted by atomic mass is 10.1. The molecule has 0 spiro atoms. The topological polar surface area (TPSA) is 23.5 Å². The highest BCUT2D eigenvalue weighted by Gasteiger charge is 2.16. The first-order valence-corrected chi connectivity index (χ1v) is 4.73. The van der Waals surface area contributed by atoms with Crippen molar-refractivity contribution in [3.05, 3.63) is 0 Å². The van der Waals surface area contributed by atoms with E-state index in [2.05, 4.69) is 11.8 Å². The zero-order valence-corrected chi connectivity index (χ0v) is 7.42. The minimum Gasteiger partial charge on any atom is -0.392 e. The third kappa shape index (κ3) is 3.21. The van der Waals surface area contributed by atoms with Gasteiger partial charge in [-0.05, 0) is 32.4 Å². The fourth-order valence-corrected chi connectivity index (χ4v) is 1.62. The molecule has 1 N–H and O–H groups in total. The van der Waals surface area contributed by atoms with E-state index >= 15 is 0 Å². The minimum absolute atomic E-state index is 0.0550. The second kappa shape index (κ2) is 4.73. The second-order valence-corrected chi connectivity index (χ2v) is 3.45. The van der Waals surface area contributed by atoms with E-state index in [1.165, 1.54) is 32.4 Å². The van der Waals surface area contributed by atoms with Crippen LogP contribution in [0.4, 0.5) is 0 Å². The number of piperidine rings is 1. The van der Waals surface area contributed by atoms with Crippen molar-refractivity contribution in [3.8, 4) is 0 Å². The molecule has 1 rings (SSSR count). The van der Waals surface area contributed by atoms with Crippen LogP contribution in [0, 0.1) is 0 Å². The maximum atomic E-state index is 9.34. The fraction of sp³-hybridized carbons (Fsp3) is 1.00. The van der Waals surface area contributed by atoms with E-state index < -0.39 is 0 Å². The van der Waals surface area contributed by atoms with Gasteiger partial charge in [-0.25, -0.2) is 0 Å². The molecule has 2 nitrogen and oxygen atoms in total. The standard InChI is InChI=1S/C9H19NO/c1-2-3-6-10-7-4-5-9(11)8-10/h9,11H,2-8H2,1H3. The SMILES string of the molecule is CCCCN1CCCC(O)C1. The summed E-state index contributed by atoms with van der Waals surface area (Å²) in [6.45, 7) is 5.48. The van der Waals surface area contributed by atoms with Gasteiger partial charge in [0.15, 0.2) is 0 Å². The van der Waals surface area contributed by atoms with Gasteiger partial charge in [-0.2, -0.15) is 0 Å². The summed E-state index contributed by atoms with van der Waals surface area (Å²) < 4.78 is 0. The van der Waals surface area contributed by atoms with E-state index in [0.717, 1.165) is 13.0 Å². The van der Waals surface area contributed by atoms with E-state index in [4.69, 9.17) is 0 Å². The predicted octanol–water partition coefficient (Wildman–Crippen LogP) is 1.24. The Morgan fingerprint density at radius 3 is 3.00 bits per heavy atom. The number of hydrogen-bond donors (Lipinski definition) is 1. The lowest BCUT2D eigenvalue weighted by Gasteiger charge is -2.29. The summed E-state index contributed by atoms with van der Waals surface area (Å²) >= 11 is 0. The molecule has 0 bridgehead atoms. The van der Waals surface area contributed by atoms with Gasteiger partial charge in [-0.1, -0.05) is 13.3 Å². The van der Waals surface area contributed by atoms with Crippen LogP contribution >= 0.6 is 0 Å². The molecule has 0 aliphatic carbocycles. The van der Waals surface area contributed by atoms with Crippen molar-refractivity contribution in [1.29, 1.82) is 0 Å². The number of likely N-dealkylation sites (tertiary alicyclic amines) is 1. The molecule has 1 heterocycles. The summed E-state index contributed by atoms with van der Waals surface area (Å²) in [4.78, 5) is 2.37. The van der Waals surface area contributed by atoms with Crippen LogP contribution in [-0.4, -0.2) is 35.7 Å². The quantitative estimate of drug-likeness (QED) is 0.666. The highest BCUT2D eigenvalue weighted by Crippen LogP contribution is 2.09. The Kier molecular flexibility index (Phi) is 3.87. The molecular formula is C9H19NO. The summed E-state index contributed by atoms with van der Waals surface area (Å²) in [6, 6.07) is 0. The number of hydrogen-bond acceptors (Lipinski definition) is 2. The highest BCUT2D eigenvalue weighted by molar-refractivity contribution is 4.71. The van der Waals surface area contributed by atoms with Crippen LogP contribution in [0.25, 0.3) is 0 Å². The molecular weight excluding hydrogens is 138 g/mol. The Morgan fingerprint density at radius 1 is 1.55 bits per heavy atom. The maximum absolute atomic E-state index is 9.34. The van der Waals surface area contributed by atoms with Gasteiger partial charge in [0.1, 0.15) is 0 Å². The first-order chi connectivity index (χ1) is 5.33. The molecule has 0 aromatic carbocycles. The van der Waals surface area contributed by atoms with E-state index in [1.807, 2.05) is 0 Å². The van der Waals surface area contributed by atoms with Crippen LogP contribution in [-0.2, 0) is 0 Å². The number of β-amino-alcohol motifs (C(OH)–C–C–N with tert-alkyl or cyclic N) is 1. The Balaban J connectivity index is 2.12. The van der Waals surface area contributed by atoms with Crippen molar-refractivity contribution in [2.45, 2.75) is 38.7 Å². The number of nitrogens with zero attached hydrogens (tertiary/aromatic N) is 1. The summed E-state index contributed by atoms with van der Waals surface area (Å²) in [6.07, 6.45) is 4.65. The molecule has 1 atom stereocenters. The molecule has 0 aromatic rings. The maximum Gasteiger partial charge on any atom is 0.0667 e. The molecule has 66 valence electrons. The Labute approximate surface area is 69.2 Å². The number of rotatable bonds is 3. The second-order valence-electron chi connectivity index (χ2n) is 3.45. The Morgan fingerprint density at radius 2 is 2.36 bits per heavy atom. The molecule has 0 aromatic heterocycles. The van der Waals surface area contributed by atoms with Crippen molar-refractivity contribution >= 4 is 0 Å². The molecule has 0 saturated carbocycles. The summed E-state index contributed by atoms with van der Waals surface area (Å²) in [5, 5.41) is 9.34. The van der Waals surface area contributed by atoms with Crippen molar-refractivity contribution in [2.24, 2.45) is 0 Å². The number of unbranched alkanes of at least 4 members (excludes halogenated alkanes) is 1. The van der Waals surface area contributed by atoms with E-state index in [1.54, 1.807) is 0 Å². The smallest absolute Gasteiger partial charge is 0.0667 e. The highest BCUT2D eigenvalue weighted by atomic mass is 16.3. The fourth-order valence-electron chi connectivity index (χ4n) is 1.62. The first kappa shape index (κ1) is 9.01. The van der Waals surface area contributed by atoms with Gasteiger partial charge in [0.05, 0.1) is 6.10 Å². The average Bonchev–Trinajstić information content (AvgIpc) is 2.01. The molecule has 1 aliphatic rings. The van der Waals surface area contributed by atoms with Crippen LogP contribution in [0.5, 0.6) is 0 Å². The van der Waals surface area contributed by atoms with Crippen molar-refractivity contribution in [1.82, 2.24) is 4.90 Å². The van der Waals surface area contributed by atoms with E-state index in [-0.39, 0.29) is 6.10 Å². The third-order valence-corrected chi connectivity index (χ3v) is 2.31. The summed E-state index contributed by atoms with van der Waals surface area (Å²) in [7, 11) is 0. The molecule has 0 radical (unpaired) electrons. The van der Waals surface area contributed by atoms with Crippen LogP contribution < -0.4 is 0 Å². The molecule has 2 heteroatoms. The van der Waals surface area contributed by atoms with Gasteiger partial charge >= 0.3 is 0 Å². The molecule has 0 amide bonds. The van der Waals surface area contributed by atoms with Crippen LogP contribution in [0.3, 0.4) is 0 Å². The van der Waals surface area contributed by atoms with E-state index in [0.29, 0.717) is 0 Å². The van der Waals surface area contributed by atoms with Gasteiger partial charge in [-0.15, -0.1) is 0 Å². The van der Waals surface area contributed by atoms with Gasteiger partial charge in [0.25, 0.3) is 0 Å². The zero-order chi connectivity index (χ0) is 8.10. The van der Waals surface area contributed by atoms with Crippen molar-refractivity contribution < 1.29 is 5.11 Å². The lowest BCUT2D eigenvalue weighted by molar-refractivity contribution is 0.0701. The van der Waals surface area contributed by atoms with Crippen molar-refractivity contribution in [2.75, 3.05) is 19.6 Å². The minimum atomic E-state index is -0.0550. The largest absolute Gasteiger partial charge is 0.392 e. The van der Waals surface area contributed by atoms with Crippen LogP contribution in [0.2, 0.25) is 0 Å². The average molecular weight is 157 g/mol. The molecule has 1 saturated heterocycles. The summed E-state index contributed by atoms with van der Waals surface area (Å²) in [5.74, 6) is 0. The predicted molar refractivity (Wildman–Crippen MR) is 46.6 cm³/mol. The molecule has 1 aliphatic heterocycles. The van der Waals surface area contributed by atoms with Gasteiger partial charge in [0.2, 0.25) is 0 Å². The third-order valence-electron chi connectivity index (χ3n) is 2.31. The first-order valence-electron chi connectivity index (χ1n) is 4.73. The Hall–Kier alpha value is -0.0800. The monoisotopic (exact) mass is 157 g/mol. The lowest BCUT2D eigenvalue weighted by Crippen LogP contribution is -2.38. The van der Waals surface area contributed by atoms with Gasteiger partial charge in [-0.3, -0.25) is 0 Å². The molecule has 11 heavy (non-hydrogen) atoms.